The molecule has 0 bridgehead atoms. The molecular weight excluding hydrogens is 384 g/mol. The third-order valence-corrected chi connectivity index (χ3v) is 4.96. The molecule has 4 aromatic rings. The van der Waals surface area contributed by atoms with Crippen molar-refractivity contribution >= 4 is 17.7 Å². The predicted octanol–water partition coefficient (Wildman–Crippen LogP) is 5.61. The minimum atomic E-state index is -0.203. The topological polar surface area (TPSA) is 56.0 Å². The van der Waals surface area contributed by atoms with E-state index in [9.17, 15) is 10.0 Å². The molecule has 31 heavy (non-hydrogen) atoms. The molecule has 1 heterocycles. The molecule has 3 aromatic carbocycles. The molecule has 0 radical (unpaired) electrons. The van der Waals surface area contributed by atoms with Gasteiger partial charge in [0.15, 0.2) is 12.4 Å². The van der Waals surface area contributed by atoms with Crippen LogP contribution in [0.3, 0.4) is 0 Å². The minimum Gasteiger partial charge on any atom is -0.619 e. The second kappa shape index (κ2) is 9.09. The van der Waals surface area contributed by atoms with Crippen LogP contribution in [0.2, 0.25) is 0 Å². The number of pyridine rings is 1. The van der Waals surface area contributed by atoms with E-state index in [0.717, 1.165) is 32.5 Å². The van der Waals surface area contributed by atoms with Gasteiger partial charge in [0.2, 0.25) is 5.91 Å². The van der Waals surface area contributed by atoms with Crippen molar-refractivity contribution < 1.29 is 9.52 Å². The van der Waals surface area contributed by atoms with Crippen LogP contribution in [-0.2, 0) is 4.79 Å². The van der Waals surface area contributed by atoms with Gasteiger partial charge in [-0.1, -0.05) is 60.2 Å². The zero-order valence-electron chi connectivity index (χ0n) is 17.2. The lowest BCUT2D eigenvalue weighted by Crippen LogP contribution is -2.23. The molecule has 1 aromatic heterocycles. The smallest absolute Gasteiger partial charge is 0.248 e. The van der Waals surface area contributed by atoms with Gasteiger partial charge in [-0.2, -0.15) is 4.73 Å². The number of carbonyl (C=O) groups excluding carboxylic acids is 1. The molecule has 0 atom stereocenters. The fraction of sp³-hybridized carbons (Fsp3) is 0.0370. The monoisotopic (exact) mass is 406 g/mol. The highest BCUT2D eigenvalue weighted by molar-refractivity contribution is 6.02. The molecule has 0 aliphatic rings. The van der Waals surface area contributed by atoms with Gasteiger partial charge in [0.1, 0.15) is 0 Å². The number of nitrogens with one attached hydrogen (secondary N) is 1. The van der Waals surface area contributed by atoms with E-state index in [1.54, 1.807) is 12.1 Å². The molecule has 0 saturated heterocycles. The molecule has 0 unspecified atom stereocenters. The van der Waals surface area contributed by atoms with Crippen LogP contribution in [0.25, 0.3) is 28.3 Å². The molecular formula is C27H22N2O2. The lowest BCUT2D eigenvalue weighted by atomic mass is 10.0. The van der Waals surface area contributed by atoms with Gasteiger partial charge in [-0.05, 0) is 59.5 Å². The van der Waals surface area contributed by atoms with Gasteiger partial charge in [-0.25, -0.2) is 0 Å². The average Bonchev–Trinajstić information content (AvgIpc) is 2.79. The van der Waals surface area contributed by atoms with Crippen LogP contribution in [-0.4, -0.2) is 5.91 Å². The standard InChI is InChI=1S/C27H22N2O2/c1-20-7-10-22(11-8-20)24-5-2-4-21(18-24)9-16-27(30)28-26-14-12-23(13-15-26)25-6-3-17-29(31)19-25/h2-19H,1H3,(H,28,30)/b16-9+. The molecule has 4 rings (SSSR count). The maximum atomic E-state index is 12.3. The van der Waals surface area contributed by atoms with Crippen molar-refractivity contribution in [1.82, 2.24) is 0 Å². The Labute approximate surface area is 181 Å². The van der Waals surface area contributed by atoms with Crippen molar-refractivity contribution in [1.29, 1.82) is 0 Å². The zero-order chi connectivity index (χ0) is 21.6. The molecule has 0 fully saturated rings. The van der Waals surface area contributed by atoms with Crippen molar-refractivity contribution in [3.8, 4) is 22.3 Å². The van der Waals surface area contributed by atoms with Gasteiger partial charge in [-0.3, -0.25) is 4.79 Å². The largest absolute Gasteiger partial charge is 0.619 e. The van der Waals surface area contributed by atoms with Crippen LogP contribution >= 0.6 is 0 Å². The number of anilines is 1. The summed E-state index contributed by atoms with van der Waals surface area (Å²) >= 11 is 0. The Morgan fingerprint density at radius 2 is 1.52 bits per heavy atom. The summed E-state index contributed by atoms with van der Waals surface area (Å²) in [6, 6.07) is 27.4. The fourth-order valence-corrected chi connectivity index (χ4v) is 3.30. The van der Waals surface area contributed by atoms with E-state index < -0.39 is 0 Å². The first kappa shape index (κ1) is 20.1. The summed E-state index contributed by atoms with van der Waals surface area (Å²) in [5, 5.41) is 14.3. The van der Waals surface area contributed by atoms with Gasteiger partial charge < -0.3 is 10.5 Å². The highest BCUT2D eigenvalue weighted by Gasteiger charge is 2.03. The first-order valence-electron chi connectivity index (χ1n) is 10.0. The molecule has 4 nitrogen and oxygen atoms in total. The Hall–Kier alpha value is -4.18. The molecule has 0 aliphatic heterocycles. The highest BCUT2D eigenvalue weighted by atomic mass is 16.5. The lowest BCUT2D eigenvalue weighted by Gasteiger charge is -2.05. The first-order chi connectivity index (χ1) is 15.1. The van der Waals surface area contributed by atoms with Gasteiger partial charge >= 0.3 is 0 Å². The Morgan fingerprint density at radius 1 is 0.839 bits per heavy atom. The average molecular weight is 406 g/mol. The van der Waals surface area contributed by atoms with Crippen LogP contribution in [0.15, 0.2) is 103 Å². The molecule has 4 heteroatoms. The number of benzene rings is 3. The van der Waals surface area contributed by atoms with Crippen molar-refractivity contribution in [2.75, 3.05) is 5.32 Å². The minimum absolute atomic E-state index is 0.203. The third kappa shape index (κ3) is 5.25. The lowest BCUT2D eigenvalue weighted by molar-refractivity contribution is -0.604. The quantitative estimate of drug-likeness (QED) is 0.266. The second-order valence-electron chi connectivity index (χ2n) is 7.34. The maximum absolute atomic E-state index is 12.3. The SMILES string of the molecule is Cc1ccc(-c2cccc(/C=C/C(=O)Nc3ccc(-c4ccc[n+]([O-])c4)cc3)c2)cc1. The number of carbonyl (C=O) groups is 1. The molecule has 0 spiro atoms. The fourth-order valence-electron chi connectivity index (χ4n) is 3.30. The Kier molecular flexibility index (Phi) is 5.90. The third-order valence-electron chi connectivity index (χ3n) is 4.96. The maximum Gasteiger partial charge on any atom is 0.248 e. The number of hydrogen-bond donors (Lipinski definition) is 1. The van der Waals surface area contributed by atoms with Crippen LogP contribution in [0, 0.1) is 12.1 Å². The Bertz CT molecular complexity index is 1230. The van der Waals surface area contributed by atoms with E-state index >= 15 is 0 Å². The van der Waals surface area contributed by atoms with Crippen LogP contribution in [0.4, 0.5) is 5.69 Å². The number of rotatable bonds is 5. The normalized spacial score (nSPS) is 10.9. The summed E-state index contributed by atoms with van der Waals surface area (Å²) in [6.07, 6.45) is 6.29. The zero-order valence-corrected chi connectivity index (χ0v) is 17.2. The molecule has 1 N–H and O–H groups in total. The van der Waals surface area contributed by atoms with Gasteiger partial charge in [0.25, 0.3) is 0 Å². The van der Waals surface area contributed by atoms with Gasteiger partial charge in [0.05, 0.1) is 0 Å². The number of amides is 1. The van der Waals surface area contributed by atoms with Crippen LogP contribution < -0.4 is 10.0 Å². The van der Waals surface area contributed by atoms with Crippen LogP contribution in [0.5, 0.6) is 0 Å². The van der Waals surface area contributed by atoms with E-state index in [-0.39, 0.29) is 5.91 Å². The predicted molar refractivity (Wildman–Crippen MR) is 125 cm³/mol. The van der Waals surface area contributed by atoms with E-state index in [4.69, 9.17) is 0 Å². The summed E-state index contributed by atoms with van der Waals surface area (Å²) in [5.41, 5.74) is 6.86. The number of aryl methyl sites for hydroxylation is 1. The van der Waals surface area contributed by atoms with Gasteiger partial charge in [0, 0.05) is 23.4 Å². The van der Waals surface area contributed by atoms with E-state index in [1.165, 1.54) is 24.0 Å². The Morgan fingerprint density at radius 3 is 2.26 bits per heavy atom. The number of hydrogen-bond acceptors (Lipinski definition) is 2. The number of aromatic nitrogens is 1. The molecule has 1 amide bonds. The molecule has 0 saturated carbocycles. The second-order valence-corrected chi connectivity index (χ2v) is 7.34. The number of nitrogens with zero attached hydrogens (tertiary/aromatic N) is 1. The van der Waals surface area contributed by atoms with Crippen molar-refractivity contribution in [3.63, 3.8) is 0 Å². The van der Waals surface area contributed by atoms with Crippen LogP contribution in [0.1, 0.15) is 11.1 Å². The Balaban J connectivity index is 1.42. The summed E-state index contributed by atoms with van der Waals surface area (Å²) in [7, 11) is 0. The summed E-state index contributed by atoms with van der Waals surface area (Å²) in [5.74, 6) is -0.203. The van der Waals surface area contributed by atoms with Crippen molar-refractivity contribution in [2.45, 2.75) is 6.92 Å². The summed E-state index contributed by atoms with van der Waals surface area (Å²) < 4.78 is 0.768. The van der Waals surface area contributed by atoms with Crippen molar-refractivity contribution in [2.24, 2.45) is 0 Å². The summed E-state index contributed by atoms with van der Waals surface area (Å²) in [4.78, 5) is 12.3. The van der Waals surface area contributed by atoms with E-state index in [1.807, 2.05) is 42.5 Å². The highest BCUT2D eigenvalue weighted by Crippen LogP contribution is 2.22. The molecule has 152 valence electrons. The van der Waals surface area contributed by atoms with E-state index in [2.05, 4.69) is 48.6 Å². The van der Waals surface area contributed by atoms with Gasteiger partial charge in [-0.15, -0.1) is 0 Å². The first-order valence-corrected chi connectivity index (χ1v) is 10.0. The van der Waals surface area contributed by atoms with E-state index in [0.29, 0.717) is 5.69 Å². The summed E-state index contributed by atoms with van der Waals surface area (Å²) in [6.45, 7) is 2.07. The van der Waals surface area contributed by atoms with Crippen molar-refractivity contribution in [3.05, 3.63) is 120 Å². The molecule has 0 aliphatic carbocycles.